The van der Waals surface area contributed by atoms with E-state index in [9.17, 15) is 36.0 Å². The highest BCUT2D eigenvalue weighted by atomic mass is 79.9. The molecule has 0 spiro atoms. The number of hydrogen-bond donors (Lipinski definition) is 8. The minimum Gasteiger partial charge on any atom is -0.308 e. The van der Waals surface area contributed by atoms with Gasteiger partial charge in [0.05, 0.1) is 9.79 Å². The Hall–Kier alpha value is -6.74. The SMILES string of the molecule is O=C(Nc1ccc(Br)cc1)Nc1cccc(S(=O)(=O)NC(=O)Nc2ccc(Cc3ccc(NC(=O)NS(=O)(=O)c4cccc(NC(=O)Nc5ccc(Br)cc5)c4)cc3)cc2)c1. The van der Waals surface area contributed by atoms with Crippen molar-refractivity contribution in [2.45, 2.75) is 16.2 Å². The normalized spacial score (nSPS) is 11.0. The maximum absolute atomic E-state index is 13.0. The summed E-state index contributed by atoms with van der Waals surface area (Å²) in [6.07, 6.45) is 0.457. The summed E-state index contributed by atoms with van der Waals surface area (Å²) in [5, 5.41) is 15.4. The number of sulfonamides is 2. The van der Waals surface area contributed by atoms with E-state index in [0.29, 0.717) is 29.2 Å². The molecule has 0 unspecified atom stereocenters. The second-order valence-electron chi connectivity index (χ2n) is 12.9. The van der Waals surface area contributed by atoms with Crippen LogP contribution in [0.4, 0.5) is 53.3 Å². The number of anilines is 6. The van der Waals surface area contributed by atoms with Gasteiger partial charge >= 0.3 is 24.1 Å². The second kappa shape index (κ2) is 19.5. The van der Waals surface area contributed by atoms with Gasteiger partial charge in [0.15, 0.2) is 0 Å². The molecule has 312 valence electrons. The van der Waals surface area contributed by atoms with Gasteiger partial charge in [0.1, 0.15) is 0 Å². The van der Waals surface area contributed by atoms with Crippen LogP contribution in [0.5, 0.6) is 0 Å². The van der Waals surface area contributed by atoms with E-state index in [2.05, 4.69) is 63.8 Å². The largest absolute Gasteiger partial charge is 0.333 e. The van der Waals surface area contributed by atoms with Crippen molar-refractivity contribution >= 4 is 110 Å². The van der Waals surface area contributed by atoms with E-state index in [0.717, 1.165) is 20.1 Å². The molecule has 0 aliphatic carbocycles. The van der Waals surface area contributed by atoms with Gasteiger partial charge in [-0.3, -0.25) is 0 Å². The van der Waals surface area contributed by atoms with Gasteiger partial charge in [-0.15, -0.1) is 0 Å². The van der Waals surface area contributed by atoms with Gasteiger partial charge in [-0.25, -0.2) is 45.5 Å². The second-order valence-corrected chi connectivity index (χ2v) is 18.1. The fourth-order valence-electron chi connectivity index (χ4n) is 5.46. The molecule has 0 heterocycles. The number of nitrogens with one attached hydrogen (secondary N) is 8. The van der Waals surface area contributed by atoms with E-state index < -0.39 is 44.2 Å². The summed E-state index contributed by atoms with van der Waals surface area (Å²) < 4.78 is 57.5. The fourth-order valence-corrected chi connectivity index (χ4v) is 7.89. The maximum atomic E-state index is 13.0. The molecule has 6 rings (SSSR count). The molecule has 8 N–H and O–H groups in total. The Balaban J connectivity index is 0.957. The van der Waals surface area contributed by atoms with Crippen LogP contribution in [0.1, 0.15) is 11.1 Å². The highest BCUT2D eigenvalue weighted by molar-refractivity contribution is 9.10. The monoisotopic (exact) mass is 988 g/mol. The zero-order chi connectivity index (χ0) is 43.6. The summed E-state index contributed by atoms with van der Waals surface area (Å²) >= 11 is 6.64. The predicted octanol–water partition coefficient (Wildman–Crippen LogP) is 9.11. The molecular formula is C41H34Br2N8O8S2. The quantitative estimate of drug-likeness (QED) is 0.0588. The standard InChI is InChI=1S/C41H34Br2N8O8S2/c42-28-11-19-32(20-12-28)44-38(52)48-34-3-1-5-36(24-34)60(56,57)50-40(54)46-30-15-7-26(8-16-30)23-27-9-17-31(18-10-27)47-41(55)51-61(58,59)37-6-2-4-35(25-37)49-39(53)45-33-21-13-29(43)14-22-33/h1-22,24-25H,23H2,(H2,44,48,52)(H2,45,49,53)(H2,46,50,54)(H2,47,51,55). The molecule has 0 fully saturated rings. The lowest BCUT2D eigenvalue weighted by Gasteiger charge is -2.12. The van der Waals surface area contributed by atoms with Gasteiger partial charge in [0.25, 0.3) is 20.0 Å². The minimum absolute atomic E-state index is 0.186. The van der Waals surface area contributed by atoms with Crippen LogP contribution in [0.15, 0.2) is 164 Å². The van der Waals surface area contributed by atoms with Crippen molar-refractivity contribution in [3.63, 3.8) is 0 Å². The third-order valence-corrected chi connectivity index (χ3v) is 12.0. The smallest absolute Gasteiger partial charge is 0.308 e. The van der Waals surface area contributed by atoms with Crippen LogP contribution in [0, 0.1) is 0 Å². The predicted molar refractivity (Wildman–Crippen MR) is 241 cm³/mol. The molecule has 0 saturated carbocycles. The third-order valence-electron chi connectivity index (χ3n) is 8.29. The number of hydrogen-bond acceptors (Lipinski definition) is 8. The Labute approximate surface area is 367 Å². The van der Waals surface area contributed by atoms with Crippen LogP contribution < -0.4 is 41.3 Å². The Kier molecular flexibility index (Phi) is 14.0. The van der Waals surface area contributed by atoms with Gasteiger partial charge in [-0.2, -0.15) is 0 Å². The molecule has 61 heavy (non-hydrogen) atoms. The van der Waals surface area contributed by atoms with Crippen molar-refractivity contribution in [1.29, 1.82) is 0 Å². The number of rotatable bonds is 12. The Morgan fingerprint density at radius 2 is 0.672 bits per heavy atom. The Bertz CT molecular complexity index is 2600. The van der Waals surface area contributed by atoms with E-state index in [-0.39, 0.29) is 21.2 Å². The summed E-state index contributed by atoms with van der Waals surface area (Å²) in [6.45, 7) is 0. The first kappa shape index (κ1) is 43.8. The van der Waals surface area contributed by atoms with Crippen LogP contribution in [-0.2, 0) is 26.5 Å². The molecule has 0 aliphatic heterocycles. The molecular weight excluding hydrogens is 956 g/mol. The number of carbonyl (C=O) groups excluding carboxylic acids is 4. The summed E-state index contributed by atoms with van der Waals surface area (Å²) in [7, 11) is -8.63. The number of urea groups is 4. The van der Waals surface area contributed by atoms with Crippen LogP contribution in [0.25, 0.3) is 0 Å². The van der Waals surface area contributed by atoms with Gasteiger partial charge in [-0.05, 0) is 127 Å². The molecule has 6 aromatic carbocycles. The summed E-state index contributed by atoms with van der Waals surface area (Å²) in [4.78, 5) is 49.7. The lowest BCUT2D eigenvalue weighted by atomic mass is 10.0. The highest BCUT2D eigenvalue weighted by Crippen LogP contribution is 2.21. The average Bonchev–Trinajstić information content (AvgIpc) is 3.21. The Morgan fingerprint density at radius 3 is 1.02 bits per heavy atom. The number of benzene rings is 6. The summed E-state index contributed by atoms with van der Waals surface area (Å²) in [6, 6.07) is 34.7. The fraction of sp³-hybridized carbons (Fsp3) is 0.0244. The van der Waals surface area contributed by atoms with E-state index in [1.807, 2.05) is 9.44 Å². The summed E-state index contributed by atoms with van der Waals surface area (Å²) in [5.74, 6) is 0. The zero-order valence-electron chi connectivity index (χ0n) is 31.4. The van der Waals surface area contributed by atoms with Crippen LogP contribution in [0.2, 0.25) is 0 Å². The van der Waals surface area contributed by atoms with Crippen molar-refractivity contribution in [2.75, 3.05) is 31.9 Å². The van der Waals surface area contributed by atoms with E-state index in [4.69, 9.17) is 0 Å². The molecule has 0 saturated heterocycles. The molecule has 20 heteroatoms. The first-order valence-electron chi connectivity index (χ1n) is 17.8. The van der Waals surface area contributed by atoms with Gasteiger partial charge in [-0.1, -0.05) is 68.3 Å². The van der Waals surface area contributed by atoms with Crippen molar-refractivity contribution in [3.05, 3.63) is 166 Å². The van der Waals surface area contributed by atoms with Crippen LogP contribution >= 0.6 is 31.9 Å². The minimum atomic E-state index is -4.31. The number of amides is 8. The zero-order valence-corrected chi connectivity index (χ0v) is 36.2. The average molecular weight is 991 g/mol. The first-order chi connectivity index (χ1) is 29.1. The topological polar surface area (TPSA) is 233 Å². The van der Waals surface area contributed by atoms with E-state index in [1.165, 1.54) is 48.5 Å². The summed E-state index contributed by atoms with van der Waals surface area (Å²) in [5.41, 5.74) is 3.76. The van der Waals surface area contributed by atoms with Crippen LogP contribution in [-0.4, -0.2) is 41.0 Å². The van der Waals surface area contributed by atoms with E-state index in [1.54, 1.807) is 97.1 Å². The van der Waals surface area contributed by atoms with Crippen LogP contribution in [0.3, 0.4) is 0 Å². The van der Waals surface area contributed by atoms with Crippen molar-refractivity contribution < 1.29 is 36.0 Å². The van der Waals surface area contributed by atoms with Gasteiger partial charge in [0.2, 0.25) is 0 Å². The molecule has 0 bridgehead atoms. The first-order valence-corrected chi connectivity index (χ1v) is 22.4. The van der Waals surface area contributed by atoms with Crippen molar-refractivity contribution in [1.82, 2.24) is 9.44 Å². The van der Waals surface area contributed by atoms with Crippen molar-refractivity contribution in [2.24, 2.45) is 0 Å². The molecule has 8 amide bonds. The Morgan fingerprint density at radius 1 is 0.377 bits per heavy atom. The molecule has 0 aromatic heterocycles. The maximum Gasteiger partial charge on any atom is 0.333 e. The van der Waals surface area contributed by atoms with Gasteiger partial charge < -0.3 is 31.9 Å². The number of carbonyl (C=O) groups is 4. The highest BCUT2D eigenvalue weighted by Gasteiger charge is 2.20. The molecule has 0 atom stereocenters. The lowest BCUT2D eigenvalue weighted by molar-refractivity contribution is 0.255. The number of halogens is 2. The lowest BCUT2D eigenvalue weighted by Crippen LogP contribution is -2.34. The van der Waals surface area contributed by atoms with E-state index >= 15 is 0 Å². The third kappa shape index (κ3) is 13.1. The molecule has 0 aliphatic rings. The van der Waals surface area contributed by atoms with Gasteiger partial charge in [0, 0.05) is 43.1 Å². The molecule has 0 radical (unpaired) electrons. The molecule has 6 aromatic rings. The molecule has 16 nitrogen and oxygen atoms in total. The van der Waals surface area contributed by atoms with Crippen molar-refractivity contribution in [3.8, 4) is 0 Å².